The van der Waals surface area contributed by atoms with E-state index in [1.165, 1.54) is 6.33 Å². The van der Waals surface area contributed by atoms with Crippen LogP contribution in [0.15, 0.2) is 6.33 Å². The molecule has 2 N–H and O–H groups in total. The predicted molar refractivity (Wildman–Crippen MR) is 36.6 cm³/mol. The summed E-state index contributed by atoms with van der Waals surface area (Å²) in [6.45, 7) is 0. The van der Waals surface area contributed by atoms with Gasteiger partial charge in [0.1, 0.15) is 11.8 Å². The smallest absolute Gasteiger partial charge is 0.285 e. The standard InChI is InChI=1S/C5H3ClN4O/c6-10-5(11)4-3(1-7)8-2-9-4/h2H,(H,8,9)(H,10,11). The molecule has 0 aliphatic heterocycles. The Kier molecular flexibility index (Phi) is 2.09. The molecule has 0 unspecified atom stereocenters. The first kappa shape index (κ1) is 7.57. The van der Waals surface area contributed by atoms with Crippen molar-refractivity contribution in [2.24, 2.45) is 0 Å². The van der Waals surface area contributed by atoms with Crippen molar-refractivity contribution in [2.45, 2.75) is 0 Å². The SMILES string of the molecule is N#Cc1nc[nH]c1C(=O)NCl. The largest absolute Gasteiger partial charge is 0.339 e. The van der Waals surface area contributed by atoms with Crippen LogP contribution in [0.5, 0.6) is 0 Å². The van der Waals surface area contributed by atoms with E-state index in [2.05, 4.69) is 9.97 Å². The number of aromatic amines is 1. The topological polar surface area (TPSA) is 81.6 Å². The third-order valence-electron chi connectivity index (χ3n) is 1.06. The van der Waals surface area contributed by atoms with Crippen molar-refractivity contribution in [3.05, 3.63) is 17.7 Å². The molecule has 1 aromatic rings. The molecule has 0 aromatic carbocycles. The van der Waals surface area contributed by atoms with Gasteiger partial charge in [-0.3, -0.25) is 9.63 Å². The summed E-state index contributed by atoms with van der Waals surface area (Å²) in [6.07, 6.45) is 1.25. The Morgan fingerprint density at radius 2 is 2.64 bits per heavy atom. The van der Waals surface area contributed by atoms with Gasteiger partial charge < -0.3 is 4.98 Å². The number of rotatable bonds is 1. The molecule has 0 atom stereocenters. The molecule has 0 aliphatic rings. The molecule has 11 heavy (non-hydrogen) atoms. The molecule has 1 aromatic heterocycles. The maximum atomic E-state index is 10.8. The minimum absolute atomic E-state index is 0.0307. The fourth-order valence-corrected chi connectivity index (χ4v) is 0.694. The van der Waals surface area contributed by atoms with Gasteiger partial charge in [-0.2, -0.15) is 5.26 Å². The highest BCUT2D eigenvalue weighted by molar-refractivity contribution is 6.24. The number of amides is 1. The van der Waals surface area contributed by atoms with E-state index in [0.717, 1.165) is 0 Å². The van der Waals surface area contributed by atoms with Crippen molar-refractivity contribution in [2.75, 3.05) is 0 Å². The summed E-state index contributed by atoms with van der Waals surface area (Å²) in [4.78, 5) is 18.7. The molecular weight excluding hydrogens is 168 g/mol. The number of nitrogens with zero attached hydrogens (tertiary/aromatic N) is 2. The molecule has 0 fully saturated rings. The number of imidazole rings is 1. The molecule has 0 aliphatic carbocycles. The summed E-state index contributed by atoms with van der Waals surface area (Å²) < 4.78 is 0. The van der Waals surface area contributed by atoms with E-state index in [9.17, 15) is 4.79 Å². The highest BCUT2D eigenvalue weighted by atomic mass is 35.5. The lowest BCUT2D eigenvalue weighted by atomic mass is 10.3. The zero-order valence-electron chi connectivity index (χ0n) is 5.26. The molecule has 1 heterocycles. The van der Waals surface area contributed by atoms with Crippen molar-refractivity contribution in [1.29, 1.82) is 5.26 Å². The van der Waals surface area contributed by atoms with Crippen LogP contribution in [-0.2, 0) is 0 Å². The molecule has 0 radical (unpaired) electrons. The average molecular weight is 171 g/mol. The molecule has 0 bridgehead atoms. The second-order valence-electron chi connectivity index (χ2n) is 1.66. The number of hydrogen-bond acceptors (Lipinski definition) is 3. The zero-order chi connectivity index (χ0) is 8.27. The molecule has 0 spiro atoms. The summed E-state index contributed by atoms with van der Waals surface area (Å²) >= 11 is 5.02. The van der Waals surface area contributed by atoms with Crippen molar-refractivity contribution in [1.82, 2.24) is 14.8 Å². The van der Waals surface area contributed by atoms with Gasteiger partial charge in [0.15, 0.2) is 5.69 Å². The van der Waals surface area contributed by atoms with E-state index in [1.54, 1.807) is 6.07 Å². The van der Waals surface area contributed by atoms with Gasteiger partial charge in [0.05, 0.1) is 6.33 Å². The summed E-state index contributed by atoms with van der Waals surface area (Å²) in [6, 6.07) is 1.73. The third-order valence-corrected chi connectivity index (χ3v) is 1.23. The van der Waals surface area contributed by atoms with E-state index < -0.39 is 5.91 Å². The van der Waals surface area contributed by atoms with E-state index in [1.807, 2.05) is 4.84 Å². The number of H-pyrrole nitrogens is 1. The number of halogens is 1. The van der Waals surface area contributed by atoms with Gasteiger partial charge >= 0.3 is 0 Å². The molecule has 6 heteroatoms. The Morgan fingerprint density at radius 1 is 1.91 bits per heavy atom. The first-order valence-corrected chi connectivity index (χ1v) is 3.02. The Bertz CT molecular complexity index is 313. The number of hydrogen-bond donors (Lipinski definition) is 2. The lowest BCUT2D eigenvalue weighted by Gasteiger charge is -1.90. The van der Waals surface area contributed by atoms with Crippen LogP contribution in [0.4, 0.5) is 0 Å². The zero-order valence-corrected chi connectivity index (χ0v) is 6.01. The van der Waals surface area contributed by atoms with Crippen LogP contribution in [-0.4, -0.2) is 15.9 Å². The summed E-state index contributed by atoms with van der Waals surface area (Å²) in [5.74, 6) is -0.569. The van der Waals surface area contributed by atoms with Crippen LogP contribution in [0.3, 0.4) is 0 Å². The van der Waals surface area contributed by atoms with Gasteiger partial charge in [0, 0.05) is 11.8 Å². The molecule has 1 amide bonds. The average Bonchev–Trinajstić information content (AvgIpc) is 2.50. The number of nitriles is 1. The van der Waals surface area contributed by atoms with Gasteiger partial charge in [0.2, 0.25) is 0 Å². The van der Waals surface area contributed by atoms with E-state index in [0.29, 0.717) is 0 Å². The van der Waals surface area contributed by atoms with Crippen molar-refractivity contribution >= 4 is 17.7 Å². The summed E-state index contributed by atoms with van der Waals surface area (Å²) in [5.41, 5.74) is 0.102. The van der Waals surface area contributed by atoms with E-state index >= 15 is 0 Å². The molecule has 5 nitrogen and oxygen atoms in total. The van der Waals surface area contributed by atoms with Crippen molar-refractivity contribution in [3.63, 3.8) is 0 Å². The Hall–Kier alpha value is -1.54. The van der Waals surface area contributed by atoms with Crippen molar-refractivity contribution in [3.8, 4) is 6.07 Å². The Balaban J connectivity index is 3.05. The minimum atomic E-state index is -0.569. The molecule has 56 valence electrons. The van der Waals surface area contributed by atoms with Gasteiger partial charge in [-0.1, -0.05) is 0 Å². The first-order valence-electron chi connectivity index (χ1n) is 2.64. The molecule has 0 saturated heterocycles. The Morgan fingerprint density at radius 3 is 3.18 bits per heavy atom. The van der Waals surface area contributed by atoms with Crippen LogP contribution in [0, 0.1) is 11.3 Å². The predicted octanol–water partition coefficient (Wildman–Crippen LogP) is 0.165. The number of nitrogens with one attached hydrogen (secondary N) is 2. The fraction of sp³-hybridized carbons (Fsp3) is 0. The lowest BCUT2D eigenvalue weighted by molar-refractivity contribution is 0.0977. The number of aromatic nitrogens is 2. The van der Waals surface area contributed by atoms with Crippen LogP contribution in [0.25, 0.3) is 0 Å². The fourth-order valence-electron chi connectivity index (χ4n) is 0.599. The van der Waals surface area contributed by atoms with E-state index in [-0.39, 0.29) is 11.4 Å². The van der Waals surface area contributed by atoms with Gasteiger partial charge in [-0.15, -0.1) is 0 Å². The highest BCUT2D eigenvalue weighted by Gasteiger charge is 2.11. The first-order chi connectivity index (χ1) is 5.29. The molecule has 0 saturated carbocycles. The third kappa shape index (κ3) is 1.30. The molecular formula is C5H3ClN4O. The molecule has 1 rings (SSSR count). The number of carbonyl (C=O) groups excluding carboxylic acids is 1. The summed E-state index contributed by atoms with van der Waals surface area (Å²) in [5, 5.41) is 8.40. The Labute approximate surface area is 67.1 Å². The second-order valence-corrected chi connectivity index (χ2v) is 1.85. The van der Waals surface area contributed by atoms with Gasteiger partial charge in [0.25, 0.3) is 5.91 Å². The van der Waals surface area contributed by atoms with Crippen LogP contribution in [0.2, 0.25) is 0 Å². The maximum absolute atomic E-state index is 10.8. The van der Waals surface area contributed by atoms with Crippen LogP contribution >= 0.6 is 11.8 Å². The van der Waals surface area contributed by atoms with Gasteiger partial charge in [-0.05, 0) is 0 Å². The van der Waals surface area contributed by atoms with Crippen LogP contribution in [0.1, 0.15) is 16.2 Å². The number of carbonyl (C=O) groups is 1. The lowest BCUT2D eigenvalue weighted by Crippen LogP contribution is -2.14. The second kappa shape index (κ2) is 3.03. The quantitative estimate of drug-likeness (QED) is 0.590. The minimum Gasteiger partial charge on any atom is -0.339 e. The van der Waals surface area contributed by atoms with Gasteiger partial charge in [-0.25, -0.2) is 4.98 Å². The normalized spacial score (nSPS) is 8.73. The maximum Gasteiger partial charge on any atom is 0.285 e. The summed E-state index contributed by atoms with van der Waals surface area (Å²) in [7, 11) is 0. The van der Waals surface area contributed by atoms with Crippen molar-refractivity contribution < 1.29 is 4.79 Å². The highest BCUT2D eigenvalue weighted by Crippen LogP contribution is 1.99. The van der Waals surface area contributed by atoms with Crippen LogP contribution < -0.4 is 4.84 Å². The van der Waals surface area contributed by atoms with E-state index in [4.69, 9.17) is 17.0 Å². The monoisotopic (exact) mass is 170 g/mol.